The quantitative estimate of drug-likeness (QED) is 0.868. The highest BCUT2D eigenvalue weighted by molar-refractivity contribution is 7.09. The fourth-order valence-corrected chi connectivity index (χ4v) is 3.80. The summed E-state index contributed by atoms with van der Waals surface area (Å²) < 4.78 is 2.55. The van der Waals surface area contributed by atoms with E-state index in [9.17, 15) is 14.4 Å². The van der Waals surface area contributed by atoms with E-state index in [0.29, 0.717) is 18.9 Å². The van der Waals surface area contributed by atoms with Crippen LogP contribution in [0, 0.1) is 5.92 Å². The van der Waals surface area contributed by atoms with Gasteiger partial charge in [0.05, 0.1) is 12.5 Å². The lowest BCUT2D eigenvalue weighted by Gasteiger charge is -2.34. The van der Waals surface area contributed by atoms with E-state index >= 15 is 0 Å². The van der Waals surface area contributed by atoms with Crippen LogP contribution >= 0.6 is 11.3 Å². The summed E-state index contributed by atoms with van der Waals surface area (Å²) in [5.41, 5.74) is -0.686. The summed E-state index contributed by atoms with van der Waals surface area (Å²) >= 11 is 1.62. The summed E-state index contributed by atoms with van der Waals surface area (Å²) in [5.74, 6) is 0.448. The van der Waals surface area contributed by atoms with E-state index in [0.717, 1.165) is 28.8 Å². The molecule has 0 bridgehead atoms. The number of rotatable bonds is 4. The summed E-state index contributed by atoms with van der Waals surface area (Å²) in [5, 5.41) is 4.97. The van der Waals surface area contributed by atoms with Gasteiger partial charge in [-0.1, -0.05) is 6.07 Å². The molecule has 1 N–H and O–H groups in total. The number of amides is 1. The van der Waals surface area contributed by atoms with Crippen molar-refractivity contribution in [3.05, 3.63) is 49.3 Å². The van der Waals surface area contributed by atoms with Gasteiger partial charge in [0.15, 0.2) is 0 Å². The Kier molecular flexibility index (Phi) is 5.08. The van der Waals surface area contributed by atoms with E-state index < -0.39 is 0 Å². The van der Waals surface area contributed by atoms with Gasteiger partial charge < -0.3 is 10.2 Å². The molecule has 2 aromatic heterocycles. The van der Waals surface area contributed by atoms with Crippen molar-refractivity contribution in [2.24, 2.45) is 20.0 Å². The number of thiophene rings is 1. The minimum atomic E-state index is -0.355. The fraction of sp³-hybridized carbons (Fsp3) is 0.471. The SMILES string of the molecule is Cn1c(N2CCC[C@H](C(=O)NCc3cccs3)C2)cc(=O)n(C)c1=O. The highest BCUT2D eigenvalue weighted by Crippen LogP contribution is 2.21. The van der Waals surface area contributed by atoms with Crippen molar-refractivity contribution in [1.29, 1.82) is 0 Å². The standard InChI is InChI=1S/C17H22N4O3S/c1-19-14(9-15(22)20(2)17(19)24)21-7-3-5-12(11-21)16(23)18-10-13-6-4-8-25-13/h4,6,8-9,12H,3,5,7,10-11H2,1-2H3,(H,18,23)/t12-/m0/s1. The molecule has 2 aromatic rings. The first-order valence-corrected chi connectivity index (χ1v) is 9.17. The van der Waals surface area contributed by atoms with Crippen molar-refractivity contribution in [1.82, 2.24) is 14.5 Å². The summed E-state index contributed by atoms with van der Waals surface area (Å²) in [6.45, 7) is 1.78. The molecule has 0 aromatic carbocycles. The first kappa shape index (κ1) is 17.5. The van der Waals surface area contributed by atoms with Crippen LogP contribution < -0.4 is 21.5 Å². The molecule has 3 heterocycles. The Morgan fingerprint density at radius 1 is 1.32 bits per heavy atom. The Morgan fingerprint density at radius 2 is 2.12 bits per heavy atom. The minimum absolute atomic E-state index is 0.0203. The fourth-order valence-electron chi connectivity index (χ4n) is 3.16. The first-order chi connectivity index (χ1) is 12.0. The van der Waals surface area contributed by atoms with Crippen molar-refractivity contribution in [3.63, 3.8) is 0 Å². The molecule has 1 amide bonds. The molecule has 0 aliphatic carbocycles. The van der Waals surface area contributed by atoms with Gasteiger partial charge in [0.1, 0.15) is 5.82 Å². The van der Waals surface area contributed by atoms with Crippen LogP contribution in [0.15, 0.2) is 33.2 Å². The highest BCUT2D eigenvalue weighted by Gasteiger charge is 2.27. The number of carbonyl (C=O) groups is 1. The summed E-state index contributed by atoms with van der Waals surface area (Å²) in [6, 6.07) is 5.42. The third-order valence-electron chi connectivity index (χ3n) is 4.63. The molecule has 1 saturated heterocycles. The molecular formula is C17H22N4O3S. The van der Waals surface area contributed by atoms with Gasteiger partial charge in [-0.25, -0.2) is 4.79 Å². The topological polar surface area (TPSA) is 76.3 Å². The van der Waals surface area contributed by atoms with Crippen molar-refractivity contribution in [2.75, 3.05) is 18.0 Å². The zero-order chi connectivity index (χ0) is 18.0. The van der Waals surface area contributed by atoms with Crippen molar-refractivity contribution in [3.8, 4) is 0 Å². The maximum absolute atomic E-state index is 12.5. The van der Waals surface area contributed by atoms with E-state index in [1.165, 1.54) is 17.7 Å². The second-order valence-electron chi connectivity index (χ2n) is 6.32. The van der Waals surface area contributed by atoms with Crippen LogP contribution in [-0.2, 0) is 25.4 Å². The second kappa shape index (κ2) is 7.26. The Hall–Kier alpha value is -2.35. The Labute approximate surface area is 149 Å². The molecule has 25 heavy (non-hydrogen) atoms. The molecule has 0 radical (unpaired) electrons. The number of hydrogen-bond acceptors (Lipinski definition) is 5. The largest absolute Gasteiger partial charge is 0.357 e. The number of anilines is 1. The summed E-state index contributed by atoms with van der Waals surface area (Å²) in [6.07, 6.45) is 1.66. The predicted octanol–water partition coefficient (Wildman–Crippen LogP) is 0.678. The van der Waals surface area contributed by atoms with E-state index in [1.54, 1.807) is 18.4 Å². The van der Waals surface area contributed by atoms with Crippen molar-refractivity contribution in [2.45, 2.75) is 19.4 Å². The van der Waals surface area contributed by atoms with E-state index in [1.807, 2.05) is 22.4 Å². The molecule has 1 fully saturated rings. The average molecular weight is 362 g/mol. The van der Waals surface area contributed by atoms with Gasteiger partial charge in [-0.2, -0.15) is 0 Å². The number of carbonyl (C=O) groups excluding carboxylic acids is 1. The van der Waals surface area contributed by atoms with Crippen LogP contribution in [0.4, 0.5) is 5.82 Å². The van der Waals surface area contributed by atoms with Gasteiger partial charge in [-0.3, -0.25) is 18.7 Å². The molecule has 134 valence electrons. The van der Waals surface area contributed by atoms with Gasteiger partial charge in [-0.15, -0.1) is 11.3 Å². The lowest BCUT2D eigenvalue weighted by Crippen LogP contribution is -2.46. The van der Waals surface area contributed by atoms with Gasteiger partial charge in [-0.05, 0) is 24.3 Å². The minimum Gasteiger partial charge on any atom is -0.357 e. The zero-order valence-electron chi connectivity index (χ0n) is 14.4. The molecule has 3 rings (SSSR count). The molecule has 1 aliphatic rings. The molecule has 0 spiro atoms. The van der Waals surface area contributed by atoms with Crippen molar-refractivity contribution < 1.29 is 4.79 Å². The number of hydrogen-bond donors (Lipinski definition) is 1. The average Bonchev–Trinajstić information content (AvgIpc) is 3.14. The predicted molar refractivity (Wildman–Crippen MR) is 98.0 cm³/mol. The number of piperidine rings is 1. The van der Waals surface area contributed by atoms with Crippen LogP contribution in [0.1, 0.15) is 17.7 Å². The highest BCUT2D eigenvalue weighted by atomic mass is 32.1. The van der Waals surface area contributed by atoms with E-state index in [4.69, 9.17) is 0 Å². The summed E-state index contributed by atoms with van der Waals surface area (Å²) in [7, 11) is 3.11. The monoisotopic (exact) mass is 362 g/mol. The number of nitrogens with one attached hydrogen (secondary N) is 1. The van der Waals surface area contributed by atoms with Gasteiger partial charge in [0, 0.05) is 38.1 Å². The molecule has 8 heteroatoms. The van der Waals surface area contributed by atoms with E-state index in [2.05, 4.69) is 5.32 Å². The Morgan fingerprint density at radius 3 is 2.84 bits per heavy atom. The van der Waals surface area contributed by atoms with Gasteiger partial charge >= 0.3 is 5.69 Å². The third-order valence-corrected chi connectivity index (χ3v) is 5.51. The Balaban J connectivity index is 1.72. The van der Waals surface area contributed by atoms with Crippen LogP contribution in [0.2, 0.25) is 0 Å². The number of aromatic nitrogens is 2. The van der Waals surface area contributed by atoms with Crippen LogP contribution in [0.3, 0.4) is 0 Å². The first-order valence-electron chi connectivity index (χ1n) is 8.29. The second-order valence-corrected chi connectivity index (χ2v) is 7.36. The van der Waals surface area contributed by atoms with Crippen LogP contribution in [0.5, 0.6) is 0 Å². The van der Waals surface area contributed by atoms with Crippen LogP contribution in [-0.4, -0.2) is 28.1 Å². The maximum atomic E-state index is 12.5. The molecule has 7 nitrogen and oxygen atoms in total. The lowest BCUT2D eigenvalue weighted by atomic mass is 9.97. The molecular weight excluding hydrogens is 340 g/mol. The smallest absolute Gasteiger partial charge is 0.332 e. The lowest BCUT2D eigenvalue weighted by molar-refractivity contribution is -0.125. The van der Waals surface area contributed by atoms with E-state index in [-0.39, 0.29) is 23.1 Å². The maximum Gasteiger partial charge on any atom is 0.332 e. The molecule has 1 aliphatic heterocycles. The normalized spacial score (nSPS) is 17.5. The van der Waals surface area contributed by atoms with Crippen LogP contribution in [0.25, 0.3) is 0 Å². The summed E-state index contributed by atoms with van der Waals surface area (Å²) in [4.78, 5) is 39.6. The third kappa shape index (κ3) is 3.68. The zero-order valence-corrected chi connectivity index (χ0v) is 15.2. The van der Waals surface area contributed by atoms with Gasteiger partial charge in [0.25, 0.3) is 5.56 Å². The Bertz CT molecular complexity index is 869. The molecule has 0 unspecified atom stereocenters. The van der Waals surface area contributed by atoms with Gasteiger partial charge in [0.2, 0.25) is 5.91 Å². The van der Waals surface area contributed by atoms with Crippen molar-refractivity contribution >= 4 is 23.1 Å². The molecule has 1 atom stereocenters. The number of nitrogens with zero attached hydrogens (tertiary/aromatic N) is 3. The molecule has 0 saturated carbocycles.